The fraction of sp³-hybridized carbons (Fsp3) is 0.500. The molecule has 1 aliphatic heterocycles. The minimum absolute atomic E-state index is 0.631. The Morgan fingerprint density at radius 2 is 1.85 bits per heavy atom. The van der Waals surface area contributed by atoms with E-state index in [-0.39, 0.29) is 0 Å². The van der Waals surface area contributed by atoms with Gasteiger partial charge >= 0.3 is 0 Å². The maximum atomic E-state index is 5.40. The highest BCUT2D eigenvalue weighted by Gasteiger charge is 2.54. The van der Waals surface area contributed by atoms with E-state index in [0.717, 1.165) is 36.5 Å². The van der Waals surface area contributed by atoms with Crippen LogP contribution in [0.2, 0.25) is 0 Å². The highest BCUT2D eigenvalue weighted by molar-refractivity contribution is 5.38. The Morgan fingerprint density at radius 1 is 1.04 bits per heavy atom. The van der Waals surface area contributed by atoms with Crippen LogP contribution in [0.25, 0.3) is 0 Å². The summed E-state index contributed by atoms with van der Waals surface area (Å²) in [7, 11) is 1.76. The van der Waals surface area contributed by atoms with Crippen molar-refractivity contribution in [2.75, 3.05) is 26.7 Å². The lowest BCUT2D eigenvalue weighted by Crippen LogP contribution is -2.37. The van der Waals surface area contributed by atoms with Gasteiger partial charge < -0.3 is 10.1 Å². The number of rotatable bonds is 6. The lowest BCUT2D eigenvalue weighted by Gasteiger charge is -2.27. The molecule has 2 aliphatic carbocycles. The van der Waals surface area contributed by atoms with Crippen molar-refractivity contribution in [3.05, 3.63) is 65.2 Å². The Labute approximate surface area is 162 Å². The van der Waals surface area contributed by atoms with Crippen molar-refractivity contribution in [2.45, 2.75) is 31.8 Å². The molecule has 142 valence electrons. The maximum absolute atomic E-state index is 5.40. The van der Waals surface area contributed by atoms with Gasteiger partial charge in [0, 0.05) is 25.7 Å². The summed E-state index contributed by atoms with van der Waals surface area (Å²) in [5, 5.41) is 3.90. The molecule has 3 nitrogen and oxygen atoms in total. The number of nitrogens with zero attached hydrogens (tertiary/aromatic N) is 1. The lowest BCUT2D eigenvalue weighted by atomic mass is 9.88. The van der Waals surface area contributed by atoms with E-state index in [0.29, 0.717) is 6.04 Å². The Hall–Kier alpha value is -1.84. The summed E-state index contributed by atoms with van der Waals surface area (Å²) in [4.78, 5) is 2.64. The first kappa shape index (κ1) is 17.3. The van der Waals surface area contributed by atoms with Crippen molar-refractivity contribution in [3.63, 3.8) is 0 Å². The molecule has 0 spiro atoms. The fourth-order valence-electron chi connectivity index (χ4n) is 5.35. The molecular formula is C24H30N2O. The lowest BCUT2D eigenvalue weighted by molar-refractivity contribution is 0.272. The quantitative estimate of drug-likeness (QED) is 0.851. The zero-order chi connectivity index (χ0) is 18.2. The number of aryl methyl sites for hydroxylation is 1. The summed E-state index contributed by atoms with van der Waals surface area (Å²) in [6, 6.07) is 18.1. The van der Waals surface area contributed by atoms with Crippen LogP contribution in [0.1, 0.15) is 23.1 Å². The average molecular weight is 363 g/mol. The van der Waals surface area contributed by atoms with Gasteiger partial charge in [0.05, 0.1) is 7.11 Å². The molecule has 4 atom stereocenters. The van der Waals surface area contributed by atoms with Gasteiger partial charge in [-0.15, -0.1) is 0 Å². The van der Waals surface area contributed by atoms with E-state index >= 15 is 0 Å². The molecule has 3 aliphatic rings. The van der Waals surface area contributed by atoms with E-state index in [9.17, 15) is 0 Å². The van der Waals surface area contributed by atoms with Crippen molar-refractivity contribution in [1.29, 1.82) is 0 Å². The second-order valence-corrected chi connectivity index (χ2v) is 8.65. The number of likely N-dealkylation sites (tertiary alicyclic amines) is 1. The van der Waals surface area contributed by atoms with E-state index in [4.69, 9.17) is 4.74 Å². The van der Waals surface area contributed by atoms with Gasteiger partial charge in [0.1, 0.15) is 5.75 Å². The molecular weight excluding hydrogens is 332 g/mol. The molecule has 0 bridgehead atoms. The third-order valence-corrected chi connectivity index (χ3v) is 6.98. The fourth-order valence-corrected chi connectivity index (χ4v) is 5.35. The number of methoxy groups -OCH3 is 1. The maximum Gasteiger partial charge on any atom is 0.119 e. The number of nitrogens with one attached hydrogen (secondary N) is 1. The third kappa shape index (κ3) is 3.63. The van der Waals surface area contributed by atoms with E-state index in [1.54, 1.807) is 7.11 Å². The minimum atomic E-state index is 0.631. The first-order chi connectivity index (χ1) is 13.3. The molecule has 1 heterocycles. The van der Waals surface area contributed by atoms with Crippen molar-refractivity contribution >= 4 is 0 Å². The smallest absolute Gasteiger partial charge is 0.119 e. The molecule has 1 unspecified atom stereocenters. The van der Waals surface area contributed by atoms with Gasteiger partial charge in [-0.25, -0.2) is 0 Å². The Balaban J connectivity index is 1.09. The van der Waals surface area contributed by atoms with Gasteiger partial charge in [-0.3, -0.25) is 4.90 Å². The Bertz CT molecular complexity index is 778. The summed E-state index contributed by atoms with van der Waals surface area (Å²) in [6.45, 7) is 4.90. The minimum Gasteiger partial charge on any atom is -0.497 e. The highest BCUT2D eigenvalue weighted by Crippen LogP contribution is 2.51. The van der Waals surface area contributed by atoms with Crippen molar-refractivity contribution < 1.29 is 4.74 Å². The van der Waals surface area contributed by atoms with E-state index in [2.05, 4.69) is 58.7 Å². The van der Waals surface area contributed by atoms with Gasteiger partial charge in [-0.2, -0.15) is 0 Å². The largest absolute Gasteiger partial charge is 0.497 e. The predicted molar refractivity (Wildman–Crippen MR) is 109 cm³/mol. The van der Waals surface area contributed by atoms with Crippen LogP contribution in [0.15, 0.2) is 48.5 Å². The molecule has 0 aromatic heterocycles. The summed E-state index contributed by atoms with van der Waals surface area (Å²) in [5.41, 5.74) is 4.43. The predicted octanol–water partition coefficient (Wildman–Crippen LogP) is 3.52. The summed E-state index contributed by atoms with van der Waals surface area (Å²) in [5.74, 6) is 3.75. The Morgan fingerprint density at radius 3 is 2.63 bits per heavy atom. The zero-order valence-electron chi connectivity index (χ0n) is 16.2. The van der Waals surface area contributed by atoms with Gasteiger partial charge in [0.2, 0.25) is 0 Å². The molecule has 3 heteroatoms. The first-order valence-corrected chi connectivity index (χ1v) is 10.5. The monoisotopic (exact) mass is 362 g/mol. The van der Waals surface area contributed by atoms with E-state index < -0.39 is 0 Å². The number of benzene rings is 2. The molecule has 0 amide bonds. The third-order valence-electron chi connectivity index (χ3n) is 6.98. The van der Waals surface area contributed by atoms with Gasteiger partial charge in [0.15, 0.2) is 0 Å². The standard InChI is InChI=1S/C24H30N2O/c1-27-21-10-8-18-7-9-20(11-19(18)12-21)25-13-22-23-15-26(16-24(22)23)14-17-5-3-2-4-6-17/h2-6,8,10,12,20,22-25H,7,9,11,13-16H2,1H3/t20?,22-,23-,24+. The second kappa shape index (κ2) is 7.29. The number of ether oxygens (including phenoxy) is 1. The highest BCUT2D eigenvalue weighted by atomic mass is 16.5. The van der Waals surface area contributed by atoms with Gasteiger partial charge in [-0.1, -0.05) is 36.4 Å². The number of piperidine rings is 1. The molecule has 27 heavy (non-hydrogen) atoms. The molecule has 2 aromatic carbocycles. The van der Waals surface area contributed by atoms with Crippen LogP contribution >= 0.6 is 0 Å². The van der Waals surface area contributed by atoms with E-state index in [1.807, 2.05) is 0 Å². The zero-order valence-corrected chi connectivity index (χ0v) is 16.2. The topological polar surface area (TPSA) is 24.5 Å². The van der Waals surface area contributed by atoms with Gasteiger partial charge in [-0.05, 0) is 72.4 Å². The molecule has 2 aromatic rings. The van der Waals surface area contributed by atoms with Crippen LogP contribution < -0.4 is 10.1 Å². The van der Waals surface area contributed by atoms with Crippen LogP contribution in [0.5, 0.6) is 5.75 Å². The average Bonchev–Trinajstić information content (AvgIpc) is 3.17. The summed E-state index contributed by atoms with van der Waals surface area (Å²) in [6.07, 6.45) is 3.61. The number of hydrogen-bond donors (Lipinski definition) is 1. The summed E-state index contributed by atoms with van der Waals surface area (Å²) >= 11 is 0. The summed E-state index contributed by atoms with van der Waals surface area (Å²) < 4.78 is 5.40. The molecule has 5 rings (SSSR count). The van der Waals surface area contributed by atoms with Crippen LogP contribution in [-0.2, 0) is 19.4 Å². The van der Waals surface area contributed by atoms with Crippen molar-refractivity contribution in [3.8, 4) is 5.75 Å². The molecule has 0 radical (unpaired) electrons. The molecule has 1 saturated heterocycles. The van der Waals surface area contributed by atoms with Crippen LogP contribution in [0, 0.1) is 17.8 Å². The van der Waals surface area contributed by atoms with E-state index in [1.165, 1.54) is 49.2 Å². The Kier molecular flexibility index (Phi) is 4.66. The normalized spacial score (nSPS) is 29.2. The second-order valence-electron chi connectivity index (χ2n) is 8.65. The van der Waals surface area contributed by atoms with Crippen LogP contribution in [0.3, 0.4) is 0 Å². The van der Waals surface area contributed by atoms with Crippen LogP contribution in [0.4, 0.5) is 0 Å². The molecule has 1 N–H and O–H groups in total. The van der Waals surface area contributed by atoms with Crippen LogP contribution in [-0.4, -0.2) is 37.7 Å². The SMILES string of the molecule is COc1ccc2c(c1)CC(NC[C@@H]1[C@H]3CN(Cc4ccccc4)C[C@@H]13)CC2. The first-order valence-electron chi connectivity index (χ1n) is 10.5. The number of hydrogen-bond acceptors (Lipinski definition) is 3. The van der Waals surface area contributed by atoms with Crippen molar-refractivity contribution in [2.24, 2.45) is 17.8 Å². The number of fused-ring (bicyclic) bond motifs is 2. The molecule has 1 saturated carbocycles. The molecule has 2 fully saturated rings. The van der Waals surface area contributed by atoms with Gasteiger partial charge in [0.25, 0.3) is 0 Å². The van der Waals surface area contributed by atoms with Crippen molar-refractivity contribution in [1.82, 2.24) is 10.2 Å².